The molecule has 0 radical (unpaired) electrons. The summed E-state index contributed by atoms with van der Waals surface area (Å²) < 4.78 is 1.75. The van der Waals surface area contributed by atoms with Gasteiger partial charge in [0.2, 0.25) is 0 Å². The largest absolute Gasteiger partial charge is 0.324 e. The van der Waals surface area contributed by atoms with E-state index in [-0.39, 0.29) is 6.03 Å². The topological polar surface area (TPSA) is 50.2 Å². The van der Waals surface area contributed by atoms with Crippen molar-refractivity contribution < 1.29 is 4.79 Å². The lowest BCUT2D eigenvalue weighted by Gasteiger charge is -2.23. The SMILES string of the molecule is Cn1cc(NC(=O)N2CCC3(CCCC3)C2)c(-c2ccccc2)n1. The Morgan fingerprint density at radius 1 is 1.17 bits per heavy atom. The maximum Gasteiger partial charge on any atom is 0.321 e. The highest BCUT2D eigenvalue weighted by atomic mass is 16.2. The molecule has 126 valence electrons. The van der Waals surface area contributed by atoms with Crippen molar-refractivity contribution in [2.24, 2.45) is 12.5 Å². The van der Waals surface area contributed by atoms with Crippen LogP contribution in [0.5, 0.6) is 0 Å². The Bertz CT molecular complexity index is 731. The van der Waals surface area contributed by atoms with E-state index in [2.05, 4.69) is 10.4 Å². The van der Waals surface area contributed by atoms with Gasteiger partial charge in [-0.15, -0.1) is 0 Å². The van der Waals surface area contributed by atoms with Crippen LogP contribution in [0.15, 0.2) is 36.5 Å². The van der Waals surface area contributed by atoms with Crippen LogP contribution in [-0.4, -0.2) is 33.8 Å². The van der Waals surface area contributed by atoms with E-state index in [1.807, 2.05) is 48.5 Å². The van der Waals surface area contributed by atoms with Crippen molar-refractivity contribution in [1.82, 2.24) is 14.7 Å². The Balaban J connectivity index is 1.51. The number of amides is 2. The van der Waals surface area contributed by atoms with Crippen LogP contribution in [-0.2, 0) is 7.05 Å². The number of urea groups is 1. The Morgan fingerprint density at radius 3 is 2.67 bits per heavy atom. The molecule has 2 aromatic rings. The number of aryl methyl sites for hydroxylation is 1. The van der Waals surface area contributed by atoms with E-state index < -0.39 is 0 Å². The highest BCUT2D eigenvalue weighted by Crippen LogP contribution is 2.45. The number of hydrogen-bond donors (Lipinski definition) is 1. The van der Waals surface area contributed by atoms with Crippen LogP contribution in [0.2, 0.25) is 0 Å². The summed E-state index contributed by atoms with van der Waals surface area (Å²) in [7, 11) is 1.88. The summed E-state index contributed by atoms with van der Waals surface area (Å²) >= 11 is 0. The van der Waals surface area contributed by atoms with Gasteiger partial charge in [0.05, 0.1) is 5.69 Å². The highest BCUT2D eigenvalue weighted by molar-refractivity contribution is 5.93. The van der Waals surface area contributed by atoms with E-state index >= 15 is 0 Å². The molecule has 2 heterocycles. The van der Waals surface area contributed by atoms with Gasteiger partial charge in [0.25, 0.3) is 0 Å². The minimum absolute atomic E-state index is 0.00366. The first-order chi connectivity index (χ1) is 11.7. The van der Waals surface area contributed by atoms with Gasteiger partial charge in [-0.1, -0.05) is 43.2 Å². The van der Waals surface area contributed by atoms with E-state index in [0.29, 0.717) is 5.41 Å². The molecule has 2 fully saturated rings. The average Bonchev–Trinajstić information content (AvgIpc) is 3.31. The van der Waals surface area contributed by atoms with Crippen molar-refractivity contribution in [2.45, 2.75) is 32.1 Å². The molecule has 1 aromatic carbocycles. The number of hydrogen-bond acceptors (Lipinski definition) is 2. The molecular weight excluding hydrogens is 300 g/mol. The van der Waals surface area contributed by atoms with Crippen molar-refractivity contribution in [1.29, 1.82) is 0 Å². The fraction of sp³-hybridized carbons (Fsp3) is 0.474. The molecule has 1 spiro atoms. The number of benzene rings is 1. The molecule has 1 aromatic heterocycles. The van der Waals surface area contributed by atoms with E-state index in [1.165, 1.54) is 25.7 Å². The number of nitrogens with zero attached hydrogens (tertiary/aromatic N) is 3. The third kappa shape index (κ3) is 2.79. The van der Waals surface area contributed by atoms with Crippen LogP contribution in [0.25, 0.3) is 11.3 Å². The lowest BCUT2D eigenvalue weighted by molar-refractivity contribution is 0.213. The molecular formula is C19H24N4O. The number of anilines is 1. The van der Waals surface area contributed by atoms with Crippen LogP contribution in [0.1, 0.15) is 32.1 Å². The molecule has 0 unspecified atom stereocenters. The minimum Gasteiger partial charge on any atom is -0.324 e. The third-order valence-electron chi connectivity index (χ3n) is 5.51. The summed E-state index contributed by atoms with van der Waals surface area (Å²) in [6, 6.07) is 9.99. The van der Waals surface area contributed by atoms with Crippen molar-refractivity contribution in [3.05, 3.63) is 36.5 Å². The van der Waals surface area contributed by atoms with E-state index in [4.69, 9.17) is 0 Å². The Morgan fingerprint density at radius 2 is 1.92 bits per heavy atom. The molecule has 1 saturated carbocycles. The molecule has 4 rings (SSSR count). The average molecular weight is 324 g/mol. The van der Waals surface area contributed by atoms with Gasteiger partial charge in [0, 0.05) is 31.9 Å². The lowest BCUT2D eigenvalue weighted by atomic mass is 9.86. The predicted molar refractivity (Wildman–Crippen MR) is 94.8 cm³/mol. The second-order valence-electron chi connectivity index (χ2n) is 7.24. The fourth-order valence-corrected chi connectivity index (χ4v) is 4.23. The zero-order chi connectivity index (χ0) is 16.6. The second kappa shape index (κ2) is 5.96. The fourth-order valence-electron chi connectivity index (χ4n) is 4.23. The number of carbonyl (C=O) groups is 1. The van der Waals surface area contributed by atoms with Gasteiger partial charge < -0.3 is 10.2 Å². The molecule has 2 amide bonds. The van der Waals surface area contributed by atoms with Crippen molar-refractivity contribution >= 4 is 11.7 Å². The Kier molecular flexibility index (Phi) is 3.79. The lowest BCUT2D eigenvalue weighted by Crippen LogP contribution is -2.34. The molecule has 2 aliphatic rings. The van der Waals surface area contributed by atoms with Gasteiger partial charge in [-0.2, -0.15) is 5.10 Å². The van der Waals surface area contributed by atoms with Crippen LogP contribution < -0.4 is 5.32 Å². The maximum atomic E-state index is 12.7. The van der Waals surface area contributed by atoms with E-state index in [0.717, 1.165) is 36.5 Å². The van der Waals surface area contributed by atoms with E-state index in [9.17, 15) is 4.79 Å². The van der Waals surface area contributed by atoms with Crippen LogP contribution in [0.4, 0.5) is 10.5 Å². The molecule has 5 heteroatoms. The number of aromatic nitrogens is 2. The van der Waals surface area contributed by atoms with Gasteiger partial charge in [0.15, 0.2) is 0 Å². The molecule has 0 atom stereocenters. The first-order valence-electron chi connectivity index (χ1n) is 8.80. The molecule has 1 N–H and O–H groups in total. The van der Waals surface area contributed by atoms with Crippen molar-refractivity contribution in [3.63, 3.8) is 0 Å². The monoisotopic (exact) mass is 324 g/mol. The van der Waals surface area contributed by atoms with Crippen LogP contribution in [0.3, 0.4) is 0 Å². The summed E-state index contributed by atoms with van der Waals surface area (Å²) in [5, 5.41) is 7.60. The van der Waals surface area contributed by atoms with Gasteiger partial charge >= 0.3 is 6.03 Å². The van der Waals surface area contributed by atoms with Gasteiger partial charge in [-0.05, 0) is 24.7 Å². The Hall–Kier alpha value is -2.30. The highest BCUT2D eigenvalue weighted by Gasteiger charge is 2.41. The van der Waals surface area contributed by atoms with E-state index in [1.54, 1.807) is 4.68 Å². The number of likely N-dealkylation sites (tertiary alicyclic amines) is 1. The van der Waals surface area contributed by atoms with Gasteiger partial charge in [0.1, 0.15) is 5.69 Å². The molecule has 24 heavy (non-hydrogen) atoms. The quantitative estimate of drug-likeness (QED) is 0.911. The number of carbonyl (C=O) groups excluding carboxylic acids is 1. The summed E-state index contributed by atoms with van der Waals surface area (Å²) in [6.07, 6.45) is 8.21. The standard InChI is InChI=1S/C19H24N4O/c1-22-13-16(17(21-22)15-7-3-2-4-8-15)20-18(24)23-12-11-19(14-23)9-5-6-10-19/h2-4,7-8,13H,5-6,9-12,14H2,1H3,(H,20,24). The first kappa shape index (κ1) is 15.2. The molecule has 0 bridgehead atoms. The zero-order valence-electron chi connectivity index (χ0n) is 14.2. The van der Waals surface area contributed by atoms with Crippen LogP contribution >= 0.6 is 0 Å². The third-order valence-corrected chi connectivity index (χ3v) is 5.51. The summed E-state index contributed by atoms with van der Waals surface area (Å²) in [4.78, 5) is 14.7. The second-order valence-corrected chi connectivity index (χ2v) is 7.24. The normalized spacial score (nSPS) is 19.1. The summed E-state index contributed by atoms with van der Waals surface area (Å²) in [5.41, 5.74) is 3.01. The zero-order valence-corrected chi connectivity index (χ0v) is 14.2. The molecule has 1 aliphatic heterocycles. The first-order valence-corrected chi connectivity index (χ1v) is 8.80. The van der Waals surface area contributed by atoms with Crippen molar-refractivity contribution in [3.8, 4) is 11.3 Å². The maximum absolute atomic E-state index is 12.7. The molecule has 1 saturated heterocycles. The van der Waals surface area contributed by atoms with Gasteiger partial charge in [-0.25, -0.2) is 4.79 Å². The summed E-state index contributed by atoms with van der Waals surface area (Å²) in [6.45, 7) is 1.77. The minimum atomic E-state index is 0.00366. The van der Waals surface area contributed by atoms with Crippen LogP contribution in [0, 0.1) is 5.41 Å². The summed E-state index contributed by atoms with van der Waals surface area (Å²) in [5.74, 6) is 0. The number of nitrogens with one attached hydrogen (secondary N) is 1. The Labute approximate surface area is 142 Å². The number of rotatable bonds is 2. The molecule has 5 nitrogen and oxygen atoms in total. The van der Waals surface area contributed by atoms with Gasteiger partial charge in [-0.3, -0.25) is 4.68 Å². The predicted octanol–water partition coefficient (Wildman–Crippen LogP) is 3.89. The molecule has 1 aliphatic carbocycles. The smallest absolute Gasteiger partial charge is 0.321 e. The van der Waals surface area contributed by atoms with Crippen molar-refractivity contribution in [2.75, 3.05) is 18.4 Å².